The number of benzene rings is 1. The molecule has 1 saturated heterocycles. The summed E-state index contributed by atoms with van der Waals surface area (Å²) < 4.78 is 15.8. The summed E-state index contributed by atoms with van der Waals surface area (Å²) in [6, 6.07) is 8.17. The van der Waals surface area contributed by atoms with Crippen molar-refractivity contribution < 1.29 is 28.6 Å². The van der Waals surface area contributed by atoms with Crippen molar-refractivity contribution in [2.24, 2.45) is 5.92 Å². The number of amides is 2. The number of likely N-dealkylation sites (tertiary alicyclic amines) is 1. The zero-order chi connectivity index (χ0) is 23.0. The van der Waals surface area contributed by atoms with Gasteiger partial charge in [-0.25, -0.2) is 9.59 Å². The standard InChI is InChI=1S/C23H32N2O6/c1-6-10-17(20(26)29-5)19-18(24-21(27)31-23(2,3)4)13-14-25(19)22(28)30-15-16-11-8-7-9-12-16/h6-9,11-12,17-19H,1,10,13-15H2,2-5H3,(H,24,27)/t17?,18-,19+/m0/s1. The fourth-order valence-electron chi connectivity index (χ4n) is 3.65. The number of alkyl carbamates (subject to hydrolysis) is 1. The predicted molar refractivity (Wildman–Crippen MR) is 115 cm³/mol. The first-order valence-corrected chi connectivity index (χ1v) is 10.3. The van der Waals surface area contributed by atoms with Gasteiger partial charge in [0.15, 0.2) is 0 Å². The van der Waals surface area contributed by atoms with Crippen molar-refractivity contribution in [1.82, 2.24) is 10.2 Å². The molecule has 3 atom stereocenters. The highest BCUT2D eigenvalue weighted by Crippen LogP contribution is 2.29. The Morgan fingerprint density at radius 2 is 1.94 bits per heavy atom. The summed E-state index contributed by atoms with van der Waals surface area (Å²) in [6.45, 7) is 9.44. The lowest BCUT2D eigenvalue weighted by molar-refractivity contribution is -0.147. The van der Waals surface area contributed by atoms with Gasteiger partial charge in [-0.15, -0.1) is 6.58 Å². The minimum Gasteiger partial charge on any atom is -0.469 e. The smallest absolute Gasteiger partial charge is 0.410 e. The summed E-state index contributed by atoms with van der Waals surface area (Å²) in [7, 11) is 1.29. The van der Waals surface area contributed by atoms with Crippen LogP contribution in [0.4, 0.5) is 9.59 Å². The van der Waals surface area contributed by atoms with Crippen LogP contribution in [0.1, 0.15) is 39.2 Å². The Kier molecular flexibility index (Phi) is 8.47. The van der Waals surface area contributed by atoms with Gasteiger partial charge in [-0.1, -0.05) is 36.4 Å². The van der Waals surface area contributed by atoms with Gasteiger partial charge in [0.25, 0.3) is 0 Å². The van der Waals surface area contributed by atoms with Crippen LogP contribution in [0.3, 0.4) is 0 Å². The van der Waals surface area contributed by atoms with Crippen molar-refractivity contribution >= 4 is 18.2 Å². The molecule has 170 valence electrons. The van der Waals surface area contributed by atoms with E-state index in [0.717, 1.165) is 5.56 Å². The molecule has 1 aliphatic rings. The molecule has 1 heterocycles. The van der Waals surface area contributed by atoms with Gasteiger partial charge in [0.2, 0.25) is 0 Å². The van der Waals surface area contributed by atoms with Crippen molar-refractivity contribution in [2.75, 3.05) is 13.7 Å². The Hall–Kier alpha value is -3.03. The zero-order valence-electron chi connectivity index (χ0n) is 18.6. The number of ether oxygens (including phenoxy) is 3. The van der Waals surface area contributed by atoms with E-state index < -0.39 is 41.8 Å². The average Bonchev–Trinajstić information content (AvgIpc) is 3.12. The quantitative estimate of drug-likeness (QED) is 0.401. The third-order valence-electron chi connectivity index (χ3n) is 4.93. The predicted octanol–water partition coefficient (Wildman–Crippen LogP) is 3.66. The molecule has 0 bridgehead atoms. The van der Waals surface area contributed by atoms with Crippen LogP contribution in [0.25, 0.3) is 0 Å². The minimum atomic E-state index is -0.700. The molecular formula is C23H32N2O6. The zero-order valence-corrected chi connectivity index (χ0v) is 18.6. The Morgan fingerprint density at radius 1 is 1.26 bits per heavy atom. The maximum atomic E-state index is 12.9. The second kappa shape index (κ2) is 10.8. The van der Waals surface area contributed by atoms with E-state index in [-0.39, 0.29) is 13.0 Å². The molecule has 0 radical (unpaired) electrons. The highest BCUT2D eigenvalue weighted by molar-refractivity contribution is 5.77. The molecule has 1 aliphatic heterocycles. The maximum absolute atomic E-state index is 12.9. The second-order valence-corrected chi connectivity index (χ2v) is 8.42. The van der Waals surface area contributed by atoms with Crippen molar-refractivity contribution in [3.63, 3.8) is 0 Å². The Morgan fingerprint density at radius 3 is 2.52 bits per heavy atom. The largest absolute Gasteiger partial charge is 0.469 e. The molecule has 2 rings (SSSR count). The van der Waals surface area contributed by atoms with Crippen molar-refractivity contribution in [1.29, 1.82) is 0 Å². The number of methoxy groups -OCH3 is 1. The molecule has 1 aromatic carbocycles. The van der Waals surface area contributed by atoms with Crippen LogP contribution in [-0.4, -0.2) is 54.4 Å². The first-order valence-electron chi connectivity index (χ1n) is 10.3. The van der Waals surface area contributed by atoms with Gasteiger partial charge in [-0.05, 0) is 39.2 Å². The van der Waals surface area contributed by atoms with Crippen LogP contribution in [0.5, 0.6) is 0 Å². The highest BCUT2D eigenvalue weighted by atomic mass is 16.6. The van der Waals surface area contributed by atoms with Crippen LogP contribution in [0, 0.1) is 5.92 Å². The van der Waals surface area contributed by atoms with Crippen LogP contribution >= 0.6 is 0 Å². The molecule has 0 spiro atoms. The number of carbonyl (C=O) groups is 3. The number of hydrogen-bond donors (Lipinski definition) is 1. The van der Waals surface area contributed by atoms with Crippen LogP contribution < -0.4 is 5.32 Å². The SMILES string of the molecule is C=CCC(C(=O)OC)[C@@H]1[C@@H](NC(=O)OC(C)(C)C)CCN1C(=O)OCc1ccccc1. The van der Waals surface area contributed by atoms with E-state index in [1.54, 1.807) is 26.8 Å². The van der Waals surface area contributed by atoms with Crippen molar-refractivity contribution in [2.45, 2.75) is 57.9 Å². The summed E-state index contributed by atoms with van der Waals surface area (Å²) in [5.74, 6) is -1.18. The average molecular weight is 433 g/mol. The number of hydrogen-bond acceptors (Lipinski definition) is 6. The molecule has 0 aromatic heterocycles. The summed E-state index contributed by atoms with van der Waals surface area (Å²) in [6.07, 6.45) is 1.17. The fraction of sp³-hybridized carbons (Fsp3) is 0.522. The van der Waals surface area contributed by atoms with Gasteiger partial charge in [0, 0.05) is 6.54 Å². The minimum absolute atomic E-state index is 0.109. The van der Waals surface area contributed by atoms with Gasteiger partial charge < -0.3 is 24.4 Å². The van der Waals surface area contributed by atoms with Crippen molar-refractivity contribution in [3.05, 3.63) is 48.6 Å². The van der Waals surface area contributed by atoms with E-state index in [0.29, 0.717) is 13.0 Å². The normalized spacial score (nSPS) is 19.3. The lowest BCUT2D eigenvalue weighted by atomic mass is 9.91. The summed E-state index contributed by atoms with van der Waals surface area (Å²) in [5.41, 5.74) is 0.181. The first-order chi connectivity index (χ1) is 14.7. The summed E-state index contributed by atoms with van der Waals surface area (Å²) >= 11 is 0. The number of carbonyl (C=O) groups excluding carboxylic acids is 3. The van der Waals surface area contributed by atoms with E-state index in [1.165, 1.54) is 12.0 Å². The molecule has 8 heteroatoms. The highest BCUT2D eigenvalue weighted by Gasteiger charge is 2.46. The number of rotatable bonds is 7. The van der Waals surface area contributed by atoms with Crippen molar-refractivity contribution in [3.8, 4) is 0 Å². The Labute approximate surface area is 183 Å². The van der Waals surface area contributed by atoms with Crippen LogP contribution in [0.2, 0.25) is 0 Å². The molecule has 1 fully saturated rings. The third kappa shape index (κ3) is 7.01. The van der Waals surface area contributed by atoms with Gasteiger partial charge >= 0.3 is 18.2 Å². The third-order valence-corrected chi connectivity index (χ3v) is 4.93. The lowest BCUT2D eigenvalue weighted by Gasteiger charge is -2.33. The molecule has 1 N–H and O–H groups in total. The van der Waals surface area contributed by atoms with E-state index >= 15 is 0 Å². The number of nitrogens with zero attached hydrogens (tertiary/aromatic N) is 1. The molecule has 31 heavy (non-hydrogen) atoms. The number of esters is 1. The number of allylic oxidation sites excluding steroid dienone is 1. The lowest BCUT2D eigenvalue weighted by Crippen LogP contribution is -2.53. The van der Waals surface area contributed by atoms with E-state index in [9.17, 15) is 14.4 Å². The Bertz CT molecular complexity index is 774. The van der Waals surface area contributed by atoms with Gasteiger partial charge in [-0.3, -0.25) is 4.79 Å². The first kappa shape index (κ1) is 24.2. The second-order valence-electron chi connectivity index (χ2n) is 8.42. The van der Waals surface area contributed by atoms with Gasteiger partial charge in [-0.2, -0.15) is 0 Å². The van der Waals surface area contributed by atoms with Gasteiger partial charge in [0.05, 0.1) is 25.1 Å². The molecule has 0 saturated carbocycles. The fourth-order valence-corrected chi connectivity index (χ4v) is 3.65. The maximum Gasteiger partial charge on any atom is 0.410 e. The van der Waals surface area contributed by atoms with E-state index in [4.69, 9.17) is 14.2 Å². The van der Waals surface area contributed by atoms with Crippen LogP contribution in [0.15, 0.2) is 43.0 Å². The monoisotopic (exact) mass is 432 g/mol. The molecule has 1 aromatic rings. The molecule has 1 unspecified atom stereocenters. The summed E-state index contributed by atoms with van der Waals surface area (Å²) in [5, 5.41) is 2.81. The van der Waals surface area contributed by atoms with Gasteiger partial charge in [0.1, 0.15) is 12.2 Å². The molecule has 2 amide bonds. The molecular weight excluding hydrogens is 400 g/mol. The molecule has 0 aliphatic carbocycles. The topological polar surface area (TPSA) is 94.2 Å². The van der Waals surface area contributed by atoms with E-state index in [2.05, 4.69) is 11.9 Å². The number of nitrogens with one attached hydrogen (secondary N) is 1. The summed E-state index contributed by atoms with van der Waals surface area (Å²) in [4.78, 5) is 39.2. The van der Waals surface area contributed by atoms with Crippen LogP contribution in [-0.2, 0) is 25.6 Å². The molecule has 8 nitrogen and oxygen atoms in total. The van der Waals surface area contributed by atoms with E-state index in [1.807, 2.05) is 30.3 Å². The Balaban J connectivity index is 2.20.